The van der Waals surface area contributed by atoms with Gasteiger partial charge in [0.1, 0.15) is 18.7 Å². The van der Waals surface area contributed by atoms with Crippen LogP contribution in [0.5, 0.6) is 0 Å². The van der Waals surface area contributed by atoms with Crippen molar-refractivity contribution in [1.29, 1.82) is 0 Å². The molecule has 0 bridgehead atoms. The summed E-state index contributed by atoms with van der Waals surface area (Å²) in [5.41, 5.74) is 2.60. The Morgan fingerprint density at radius 1 is 1.00 bits per heavy atom. The zero-order valence-electron chi connectivity index (χ0n) is 17.4. The Bertz CT molecular complexity index is 1050. The van der Waals surface area contributed by atoms with Crippen LogP contribution in [0.1, 0.15) is 18.1 Å². The molecule has 2 amide bonds. The van der Waals surface area contributed by atoms with E-state index in [2.05, 4.69) is 20.4 Å². The Hall–Kier alpha value is -3.81. The normalized spacial score (nSPS) is 12.6. The van der Waals surface area contributed by atoms with Crippen molar-refractivity contribution in [3.05, 3.63) is 71.9 Å². The highest BCUT2D eigenvalue weighted by atomic mass is 16.5. The number of ether oxygens (including phenoxy) is 2. The third-order valence-corrected chi connectivity index (χ3v) is 4.83. The minimum Gasteiger partial charge on any atom is -0.467 e. The van der Waals surface area contributed by atoms with Crippen molar-refractivity contribution in [2.24, 2.45) is 0 Å². The highest BCUT2D eigenvalue weighted by Gasteiger charge is 2.26. The predicted molar refractivity (Wildman–Crippen MR) is 115 cm³/mol. The number of hydrogen-bond acceptors (Lipinski definition) is 5. The number of aromatic nitrogens is 1. The Morgan fingerprint density at radius 3 is 2.45 bits per heavy atom. The van der Waals surface area contributed by atoms with E-state index in [0.29, 0.717) is 0 Å². The summed E-state index contributed by atoms with van der Waals surface area (Å²) in [7, 11) is 1.24. The molecule has 2 atom stereocenters. The standard InChI is InChI=1S/C23H25N3O5/c1-15(22(28)30-2)25-21(27)20(12-17-13-24-19-11-7-6-10-18(17)19)26-23(29)31-14-16-8-4-3-5-9-16/h3-11,13,15,20,24H,12,14H2,1-2H3,(H,25,27)(H,26,29)/t15-,20-/m0/s1. The summed E-state index contributed by atoms with van der Waals surface area (Å²) in [5.74, 6) is -1.09. The molecule has 0 aliphatic heterocycles. The lowest BCUT2D eigenvalue weighted by Crippen LogP contribution is -2.52. The van der Waals surface area contributed by atoms with E-state index in [1.165, 1.54) is 14.0 Å². The fourth-order valence-corrected chi connectivity index (χ4v) is 3.19. The summed E-state index contributed by atoms with van der Waals surface area (Å²) in [6.07, 6.45) is 1.28. The fourth-order valence-electron chi connectivity index (χ4n) is 3.19. The molecule has 8 heteroatoms. The second kappa shape index (κ2) is 10.3. The van der Waals surface area contributed by atoms with Gasteiger partial charge >= 0.3 is 12.1 Å². The van der Waals surface area contributed by atoms with Gasteiger partial charge in [-0.1, -0.05) is 48.5 Å². The maximum atomic E-state index is 12.8. The maximum Gasteiger partial charge on any atom is 0.408 e. The van der Waals surface area contributed by atoms with Gasteiger partial charge in [-0.2, -0.15) is 0 Å². The van der Waals surface area contributed by atoms with Crippen molar-refractivity contribution in [2.45, 2.75) is 32.0 Å². The summed E-state index contributed by atoms with van der Waals surface area (Å²) in [5, 5.41) is 6.13. The van der Waals surface area contributed by atoms with Crippen LogP contribution in [0.3, 0.4) is 0 Å². The lowest BCUT2D eigenvalue weighted by Gasteiger charge is -2.20. The molecule has 3 N–H and O–H groups in total. The minimum absolute atomic E-state index is 0.0761. The van der Waals surface area contributed by atoms with E-state index >= 15 is 0 Å². The van der Waals surface area contributed by atoms with Crippen LogP contribution in [0.15, 0.2) is 60.8 Å². The van der Waals surface area contributed by atoms with E-state index in [9.17, 15) is 14.4 Å². The zero-order valence-corrected chi connectivity index (χ0v) is 17.4. The number of benzene rings is 2. The summed E-state index contributed by atoms with van der Waals surface area (Å²) in [6.45, 7) is 1.59. The Balaban J connectivity index is 1.72. The molecule has 0 saturated heterocycles. The van der Waals surface area contributed by atoms with Gasteiger partial charge in [0.2, 0.25) is 5.91 Å². The molecule has 8 nitrogen and oxygen atoms in total. The first-order chi connectivity index (χ1) is 15.0. The molecule has 0 unspecified atom stereocenters. The minimum atomic E-state index is -0.949. The van der Waals surface area contributed by atoms with E-state index in [4.69, 9.17) is 4.74 Å². The number of carbonyl (C=O) groups is 3. The zero-order chi connectivity index (χ0) is 22.2. The van der Waals surface area contributed by atoms with Gasteiger partial charge in [-0.3, -0.25) is 4.79 Å². The van der Waals surface area contributed by atoms with E-state index < -0.39 is 30.1 Å². The summed E-state index contributed by atoms with van der Waals surface area (Å²) >= 11 is 0. The molecule has 3 rings (SSSR count). The van der Waals surface area contributed by atoms with E-state index in [1.54, 1.807) is 6.20 Å². The summed E-state index contributed by atoms with van der Waals surface area (Å²) in [4.78, 5) is 40.1. The first-order valence-electron chi connectivity index (χ1n) is 9.88. The van der Waals surface area contributed by atoms with Crippen LogP contribution in [0.25, 0.3) is 10.9 Å². The van der Waals surface area contributed by atoms with Crippen molar-refractivity contribution in [2.75, 3.05) is 7.11 Å². The molecule has 3 aromatic rings. The van der Waals surface area contributed by atoms with Crippen LogP contribution in [0.2, 0.25) is 0 Å². The lowest BCUT2D eigenvalue weighted by atomic mass is 10.0. The number of alkyl carbamates (subject to hydrolysis) is 1. The fraction of sp³-hybridized carbons (Fsp3) is 0.261. The van der Waals surface area contributed by atoms with Crippen LogP contribution < -0.4 is 10.6 Å². The smallest absolute Gasteiger partial charge is 0.408 e. The predicted octanol–water partition coefficient (Wildman–Crippen LogP) is 2.68. The number of amides is 2. The van der Waals surface area contributed by atoms with Gasteiger partial charge in [-0.25, -0.2) is 9.59 Å². The number of rotatable bonds is 8. The van der Waals surface area contributed by atoms with Crippen molar-refractivity contribution in [1.82, 2.24) is 15.6 Å². The van der Waals surface area contributed by atoms with Gasteiger partial charge in [0, 0.05) is 23.5 Å². The molecule has 2 aromatic carbocycles. The van der Waals surface area contributed by atoms with Crippen LogP contribution in [0.4, 0.5) is 4.79 Å². The lowest BCUT2D eigenvalue weighted by molar-refractivity contribution is -0.144. The molecular weight excluding hydrogens is 398 g/mol. The topological polar surface area (TPSA) is 110 Å². The number of H-pyrrole nitrogens is 1. The quantitative estimate of drug-likeness (QED) is 0.483. The molecule has 0 aliphatic carbocycles. The van der Waals surface area contributed by atoms with Crippen molar-refractivity contribution >= 4 is 28.9 Å². The largest absolute Gasteiger partial charge is 0.467 e. The molecule has 0 saturated carbocycles. The molecule has 31 heavy (non-hydrogen) atoms. The number of fused-ring (bicyclic) bond motifs is 1. The highest BCUT2D eigenvalue weighted by Crippen LogP contribution is 2.19. The van der Waals surface area contributed by atoms with Crippen LogP contribution >= 0.6 is 0 Å². The highest BCUT2D eigenvalue weighted by molar-refractivity contribution is 5.91. The Kier molecular flexibility index (Phi) is 7.26. The molecule has 1 heterocycles. The molecule has 1 aromatic heterocycles. The van der Waals surface area contributed by atoms with Gasteiger partial charge < -0.3 is 25.1 Å². The SMILES string of the molecule is COC(=O)[C@H](C)NC(=O)[C@H](Cc1c[nH]c2ccccc12)NC(=O)OCc1ccccc1. The van der Waals surface area contributed by atoms with Gasteiger partial charge in [-0.15, -0.1) is 0 Å². The molecule has 0 fully saturated rings. The Labute approximate surface area is 179 Å². The van der Waals surface area contributed by atoms with Gasteiger partial charge in [-0.05, 0) is 24.1 Å². The summed E-state index contributed by atoms with van der Waals surface area (Å²) < 4.78 is 9.91. The summed E-state index contributed by atoms with van der Waals surface area (Å²) in [6, 6.07) is 15.1. The molecular formula is C23H25N3O5. The molecule has 0 spiro atoms. The van der Waals surface area contributed by atoms with Crippen molar-refractivity contribution < 1.29 is 23.9 Å². The molecule has 0 radical (unpaired) electrons. The number of carbonyl (C=O) groups excluding carboxylic acids is 3. The van der Waals surface area contributed by atoms with E-state index in [1.807, 2.05) is 54.6 Å². The average molecular weight is 423 g/mol. The van der Waals surface area contributed by atoms with Gasteiger partial charge in [0.15, 0.2) is 0 Å². The second-order valence-corrected chi connectivity index (χ2v) is 7.08. The number of hydrogen-bond donors (Lipinski definition) is 3. The number of nitrogens with one attached hydrogen (secondary N) is 3. The second-order valence-electron chi connectivity index (χ2n) is 7.08. The maximum absolute atomic E-state index is 12.8. The van der Waals surface area contributed by atoms with Crippen molar-refractivity contribution in [3.63, 3.8) is 0 Å². The Morgan fingerprint density at radius 2 is 1.71 bits per heavy atom. The third-order valence-electron chi connectivity index (χ3n) is 4.83. The number of methoxy groups -OCH3 is 1. The first-order valence-corrected chi connectivity index (χ1v) is 9.88. The number of para-hydroxylation sites is 1. The van der Waals surface area contributed by atoms with E-state index in [-0.39, 0.29) is 13.0 Å². The molecule has 0 aliphatic rings. The monoisotopic (exact) mass is 423 g/mol. The third kappa shape index (κ3) is 5.85. The van der Waals surface area contributed by atoms with Crippen LogP contribution in [-0.2, 0) is 32.1 Å². The first kappa shape index (κ1) is 21.9. The number of aromatic amines is 1. The van der Waals surface area contributed by atoms with Crippen molar-refractivity contribution in [3.8, 4) is 0 Å². The van der Waals surface area contributed by atoms with Gasteiger partial charge in [0.25, 0.3) is 0 Å². The number of esters is 1. The van der Waals surface area contributed by atoms with Crippen LogP contribution in [-0.4, -0.2) is 42.1 Å². The average Bonchev–Trinajstić information content (AvgIpc) is 3.20. The van der Waals surface area contributed by atoms with E-state index in [0.717, 1.165) is 22.0 Å². The van der Waals surface area contributed by atoms with Gasteiger partial charge in [0.05, 0.1) is 7.11 Å². The van der Waals surface area contributed by atoms with Crippen LogP contribution in [0, 0.1) is 0 Å². The molecule has 162 valence electrons.